The number of nitrogens with two attached hydrogens (primary N) is 1. The molecule has 0 aromatic heterocycles. The molecule has 0 bridgehead atoms. The van der Waals surface area contributed by atoms with Gasteiger partial charge in [-0.1, -0.05) is 6.07 Å². The molecule has 3 N–H and O–H groups in total. The zero-order valence-corrected chi connectivity index (χ0v) is 11.6. The van der Waals surface area contributed by atoms with Gasteiger partial charge in [0.2, 0.25) is 5.91 Å². The molecule has 2 amide bonds. The molecule has 0 spiro atoms. The third-order valence-corrected chi connectivity index (χ3v) is 2.91. The number of benzene rings is 1. The summed E-state index contributed by atoms with van der Waals surface area (Å²) in [4.78, 5) is 23.2. The van der Waals surface area contributed by atoms with Gasteiger partial charge in [0.05, 0.1) is 11.6 Å². The summed E-state index contributed by atoms with van der Waals surface area (Å²) >= 11 is 0. The largest absolute Gasteiger partial charge is 0.416 e. The first kappa shape index (κ1) is 17.5. The number of amides is 2. The van der Waals surface area contributed by atoms with Gasteiger partial charge in [0.1, 0.15) is 6.04 Å². The van der Waals surface area contributed by atoms with Crippen molar-refractivity contribution in [1.29, 1.82) is 5.26 Å². The van der Waals surface area contributed by atoms with E-state index < -0.39 is 35.5 Å². The van der Waals surface area contributed by atoms with Crippen molar-refractivity contribution in [2.75, 3.05) is 0 Å². The number of alkyl halides is 3. The van der Waals surface area contributed by atoms with Crippen LogP contribution in [0.2, 0.25) is 0 Å². The van der Waals surface area contributed by atoms with Crippen LogP contribution in [0.5, 0.6) is 0 Å². The number of hydrogen-bond acceptors (Lipinski definition) is 3. The van der Waals surface area contributed by atoms with E-state index >= 15 is 0 Å². The van der Waals surface area contributed by atoms with E-state index in [0.717, 1.165) is 12.1 Å². The standard InChI is InChI=1S/C14H14F3N3O2/c1-8(7-18)5-11(12(19)21)20-13(22)9-3-2-4-10(6-9)14(15,16)17/h2-4,6,8,11H,5H2,1H3,(H2,19,21)(H,20,22)/t8-,11-/m1/s1. The molecular weight excluding hydrogens is 299 g/mol. The van der Waals surface area contributed by atoms with Crippen molar-refractivity contribution in [1.82, 2.24) is 5.32 Å². The smallest absolute Gasteiger partial charge is 0.368 e. The zero-order valence-electron chi connectivity index (χ0n) is 11.6. The molecule has 0 aliphatic heterocycles. The average molecular weight is 313 g/mol. The van der Waals surface area contributed by atoms with Crippen molar-refractivity contribution in [3.05, 3.63) is 35.4 Å². The molecule has 0 unspecified atom stereocenters. The number of nitriles is 1. The number of carbonyl (C=O) groups is 2. The third-order valence-electron chi connectivity index (χ3n) is 2.91. The van der Waals surface area contributed by atoms with Gasteiger partial charge >= 0.3 is 6.18 Å². The lowest BCUT2D eigenvalue weighted by Gasteiger charge is -2.17. The Bertz CT molecular complexity index is 608. The van der Waals surface area contributed by atoms with Crippen molar-refractivity contribution in [2.45, 2.75) is 25.6 Å². The minimum atomic E-state index is -4.57. The molecule has 0 aliphatic carbocycles. The fourth-order valence-electron chi connectivity index (χ4n) is 1.73. The molecular formula is C14H14F3N3O2. The second kappa shape index (κ2) is 6.93. The highest BCUT2D eigenvalue weighted by molar-refractivity contribution is 5.97. The average Bonchev–Trinajstić information content (AvgIpc) is 2.45. The minimum absolute atomic E-state index is 0.0173. The summed E-state index contributed by atoms with van der Waals surface area (Å²) in [5.41, 5.74) is 3.91. The van der Waals surface area contributed by atoms with Crippen molar-refractivity contribution in [2.24, 2.45) is 11.7 Å². The SMILES string of the molecule is C[C@@H](C#N)C[C@@H](NC(=O)c1cccc(C(F)(F)F)c1)C(N)=O. The number of rotatable bonds is 5. The summed E-state index contributed by atoms with van der Waals surface area (Å²) in [6, 6.07) is 4.55. The second-order valence-corrected chi connectivity index (χ2v) is 4.77. The van der Waals surface area contributed by atoms with E-state index in [2.05, 4.69) is 5.32 Å². The summed E-state index contributed by atoms with van der Waals surface area (Å²) in [5, 5.41) is 10.9. The quantitative estimate of drug-likeness (QED) is 0.868. The highest BCUT2D eigenvalue weighted by atomic mass is 19.4. The van der Waals surface area contributed by atoms with Gasteiger partial charge in [0.25, 0.3) is 5.91 Å². The topological polar surface area (TPSA) is 96.0 Å². The Morgan fingerprint density at radius 1 is 1.41 bits per heavy atom. The number of nitrogens with one attached hydrogen (secondary N) is 1. The minimum Gasteiger partial charge on any atom is -0.368 e. The summed E-state index contributed by atoms with van der Waals surface area (Å²) in [7, 11) is 0. The maximum atomic E-state index is 12.6. The van der Waals surface area contributed by atoms with Crippen LogP contribution in [0.4, 0.5) is 13.2 Å². The summed E-state index contributed by atoms with van der Waals surface area (Å²) in [6.45, 7) is 1.53. The van der Waals surface area contributed by atoms with Crippen LogP contribution in [0, 0.1) is 17.2 Å². The molecule has 0 saturated carbocycles. The Hall–Kier alpha value is -2.56. The molecule has 1 rings (SSSR count). The molecule has 0 saturated heterocycles. The van der Waals surface area contributed by atoms with Crippen molar-refractivity contribution < 1.29 is 22.8 Å². The molecule has 22 heavy (non-hydrogen) atoms. The lowest BCUT2D eigenvalue weighted by atomic mass is 10.0. The van der Waals surface area contributed by atoms with Gasteiger partial charge in [0.15, 0.2) is 0 Å². The molecule has 2 atom stereocenters. The maximum Gasteiger partial charge on any atom is 0.416 e. The molecule has 0 heterocycles. The molecule has 5 nitrogen and oxygen atoms in total. The summed E-state index contributed by atoms with van der Waals surface area (Å²) < 4.78 is 37.8. The first-order valence-electron chi connectivity index (χ1n) is 6.32. The van der Waals surface area contributed by atoms with Crippen LogP contribution in [0.15, 0.2) is 24.3 Å². The molecule has 0 aliphatic rings. The lowest BCUT2D eigenvalue weighted by Crippen LogP contribution is -2.45. The number of carbonyl (C=O) groups excluding carboxylic acids is 2. The highest BCUT2D eigenvalue weighted by Gasteiger charge is 2.31. The van der Waals surface area contributed by atoms with Gasteiger partial charge in [-0.15, -0.1) is 0 Å². The van der Waals surface area contributed by atoms with Crippen LogP contribution in [-0.2, 0) is 11.0 Å². The number of halogens is 3. The van der Waals surface area contributed by atoms with Crippen LogP contribution in [0.25, 0.3) is 0 Å². The molecule has 118 valence electrons. The Morgan fingerprint density at radius 2 is 2.05 bits per heavy atom. The van der Waals surface area contributed by atoms with E-state index in [9.17, 15) is 22.8 Å². The first-order valence-corrected chi connectivity index (χ1v) is 6.32. The Balaban J connectivity index is 2.91. The van der Waals surface area contributed by atoms with E-state index in [1.165, 1.54) is 13.0 Å². The van der Waals surface area contributed by atoms with Gasteiger partial charge in [-0.25, -0.2) is 0 Å². The van der Waals surface area contributed by atoms with E-state index in [0.29, 0.717) is 6.07 Å². The first-order chi connectivity index (χ1) is 10.1. The van der Waals surface area contributed by atoms with Crippen LogP contribution in [-0.4, -0.2) is 17.9 Å². The lowest BCUT2D eigenvalue weighted by molar-refractivity contribution is -0.137. The predicted octanol–water partition coefficient (Wildman–Crippen LogP) is 1.84. The summed E-state index contributed by atoms with van der Waals surface area (Å²) in [6.07, 6.45) is -4.59. The van der Waals surface area contributed by atoms with E-state index in [1.54, 1.807) is 0 Å². The third kappa shape index (κ3) is 4.77. The monoisotopic (exact) mass is 313 g/mol. The van der Waals surface area contributed by atoms with E-state index in [-0.39, 0.29) is 12.0 Å². The van der Waals surface area contributed by atoms with Crippen LogP contribution in [0.3, 0.4) is 0 Å². The number of primary amides is 1. The maximum absolute atomic E-state index is 12.6. The van der Waals surface area contributed by atoms with Gasteiger partial charge in [-0.3, -0.25) is 9.59 Å². The fraction of sp³-hybridized carbons (Fsp3) is 0.357. The molecule has 1 aromatic carbocycles. The fourth-order valence-corrected chi connectivity index (χ4v) is 1.73. The zero-order chi connectivity index (χ0) is 16.9. The summed E-state index contributed by atoms with van der Waals surface area (Å²) in [5.74, 6) is -2.26. The van der Waals surface area contributed by atoms with Crippen molar-refractivity contribution >= 4 is 11.8 Å². The van der Waals surface area contributed by atoms with Crippen LogP contribution in [0.1, 0.15) is 29.3 Å². The predicted molar refractivity (Wildman–Crippen MR) is 71.3 cm³/mol. The Labute approximate surface area is 124 Å². The van der Waals surface area contributed by atoms with Crippen molar-refractivity contribution in [3.63, 3.8) is 0 Å². The van der Waals surface area contributed by atoms with Crippen LogP contribution >= 0.6 is 0 Å². The molecule has 1 aromatic rings. The van der Waals surface area contributed by atoms with Gasteiger partial charge in [-0.05, 0) is 31.5 Å². The Morgan fingerprint density at radius 3 is 2.55 bits per heavy atom. The van der Waals surface area contributed by atoms with Gasteiger partial charge in [0, 0.05) is 11.5 Å². The molecule has 8 heteroatoms. The van der Waals surface area contributed by atoms with E-state index in [4.69, 9.17) is 11.0 Å². The van der Waals surface area contributed by atoms with Crippen molar-refractivity contribution in [3.8, 4) is 6.07 Å². The molecule has 0 fully saturated rings. The van der Waals surface area contributed by atoms with Gasteiger partial charge < -0.3 is 11.1 Å². The van der Waals surface area contributed by atoms with Gasteiger partial charge in [-0.2, -0.15) is 18.4 Å². The second-order valence-electron chi connectivity index (χ2n) is 4.77. The Kier molecular flexibility index (Phi) is 5.51. The van der Waals surface area contributed by atoms with Crippen LogP contribution < -0.4 is 11.1 Å². The number of hydrogen-bond donors (Lipinski definition) is 2. The highest BCUT2D eigenvalue weighted by Crippen LogP contribution is 2.29. The molecule has 0 radical (unpaired) electrons. The van der Waals surface area contributed by atoms with E-state index in [1.807, 2.05) is 6.07 Å². The normalized spacial score (nSPS) is 13.8. The number of nitrogens with zero attached hydrogens (tertiary/aromatic N) is 1.